The molecule has 0 aliphatic carbocycles. The Morgan fingerprint density at radius 2 is 2.00 bits per heavy atom. The number of hydrogen-bond donors (Lipinski definition) is 1. The van der Waals surface area contributed by atoms with Crippen LogP contribution in [0.3, 0.4) is 0 Å². The van der Waals surface area contributed by atoms with Gasteiger partial charge in [-0.05, 0) is 48.2 Å². The number of nitrogens with zero attached hydrogens (tertiary/aromatic N) is 3. The molecule has 36 heavy (non-hydrogen) atoms. The molecule has 7 nitrogen and oxygen atoms in total. The van der Waals surface area contributed by atoms with Gasteiger partial charge in [0, 0.05) is 5.02 Å². The van der Waals surface area contributed by atoms with Crippen LogP contribution in [0.5, 0.6) is 0 Å². The van der Waals surface area contributed by atoms with Crippen molar-refractivity contribution in [2.24, 2.45) is 5.73 Å². The first kappa shape index (κ1) is 25.3. The highest BCUT2D eigenvalue weighted by Crippen LogP contribution is 2.41. The highest BCUT2D eigenvalue weighted by molar-refractivity contribution is 7.99. The molecule has 0 unspecified atom stereocenters. The number of thiophene rings is 1. The van der Waals surface area contributed by atoms with Gasteiger partial charge in [0.05, 0.1) is 40.0 Å². The van der Waals surface area contributed by atoms with Gasteiger partial charge in [-0.15, -0.1) is 11.3 Å². The monoisotopic (exact) mass is 534 g/mol. The number of ether oxygens (including phenoxy) is 2. The van der Waals surface area contributed by atoms with Gasteiger partial charge in [0.2, 0.25) is 5.88 Å². The van der Waals surface area contributed by atoms with E-state index in [2.05, 4.69) is 17.1 Å². The van der Waals surface area contributed by atoms with Crippen molar-refractivity contribution in [3.63, 3.8) is 0 Å². The number of nitriles is 2. The van der Waals surface area contributed by atoms with Crippen molar-refractivity contribution >= 4 is 40.7 Å². The Hall–Kier alpha value is -3.76. The second kappa shape index (κ2) is 11.3. The molecule has 10 heteroatoms. The molecule has 3 heterocycles. The molecule has 0 fully saturated rings. The van der Waals surface area contributed by atoms with Crippen molar-refractivity contribution in [3.05, 3.63) is 92.8 Å². The smallest absolute Gasteiger partial charge is 0.338 e. The topological polar surface area (TPSA) is 122 Å². The summed E-state index contributed by atoms with van der Waals surface area (Å²) in [5.41, 5.74) is 8.18. The maximum absolute atomic E-state index is 13.1. The second-order valence-corrected chi connectivity index (χ2v) is 9.81. The molecule has 0 saturated carbocycles. The van der Waals surface area contributed by atoms with Crippen LogP contribution in [0.4, 0.5) is 0 Å². The van der Waals surface area contributed by atoms with Crippen LogP contribution >= 0.6 is 34.7 Å². The number of allylic oxidation sites excluding steroid dienone is 1. The van der Waals surface area contributed by atoms with Crippen LogP contribution in [-0.4, -0.2) is 23.3 Å². The molecule has 0 amide bonds. The first-order valence-electron chi connectivity index (χ1n) is 10.8. The first-order chi connectivity index (χ1) is 17.5. The molecule has 1 atom stereocenters. The molecular weight excluding hydrogens is 516 g/mol. The Morgan fingerprint density at radius 3 is 2.64 bits per heavy atom. The van der Waals surface area contributed by atoms with E-state index >= 15 is 0 Å². The summed E-state index contributed by atoms with van der Waals surface area (Å²) in [4.78, 5) is 18.8. The van der Waals surface area contributed by atoms with E-state index in [4.69, 9.17) is 26.8 Å². The van der Waals surface area contributed by atoms with Crippen molar-refractivity contribution < 1.29 is 14.3 Å². The lowest BCUT2D eigenvalue weighted by molar-refractivity contribution is -0.139. The number of pyridine rings is 1. The van der Waals surface area contributed by atoms with Gasteiger partial charge in [-0.3, -0.25) is 0 Å². The van der Waals surface area contributed by atoms with Gasteiger partial charge < -0.3 is 15.2 Å². The van der Waals surface area contributed by atoms with Gasteiger partial charge in [-0.25, -0.2) is 9.78 Å². The Kier molecular flexibility index (Phi) is 7.97. The summed E-state index contributed by atoms with van der Waals surface area (Å²) in [6.45, 7) is 1.84. The standard InChI is InChI=1S/C26H19ClN4O3S2/c1-2-33-26(32)23-20(34-24(30)18(13-29)22(23)15-5-8-17(27)9-6-15)14-36-25-16(12-28)7-10-19(31-25)21-4-3-11-35-21/h3-11,22H,2,14,30H2,1H3/t22-/m1/s1. The lowest BCUT2D eigenvalue weighted by Gasteiger charge is -2.28. The van der Waals surface area contributed by atoms with E-state index in [1.165, 1.54) is 11.8 Å². The highest BCUT2D eigenvalue weighted by atomic mass is 35.5. The molecule has 4 rings (SSSR count). The van der Waals surface area contributed by atoms with Crippen LogP contribution in [-0.2, 0) is 14.3 Å². The molecule has 1 aliphatic rings. The minimum atomic E-state index is -0.795. The highest BCUT2D eigenvalue weighted by Gasteiger charge is 2.37. The average molecular weight is 535 g/mol. The molecule has 1 aliphatic heterocycles. The molecule has 2 N–H and O–H groups in total. The van der Waals surface area contributed by atoms with Gasteiger partial charge in [-0.1, -0.05) is 41.6 Å². The zero-order valence-electron chi connectivity index (χ0n) is 19.0. The number of esters is 1. The Labute approximate surface area is 221 Å². The fourth-order valence-corrected chi connectivity index (χ4v) is 5.41. The number of thioether (sulfide) groups is 1. The van der Waals surface area contributed by atoms with Gasteiger partial charge in [0.1, 0.15) is 28.5 Å². The molecule has 0 radical (unpaired) electrons. The number of hydrogen-bond acceptors (Lipinski definition) is 9. The summed E-state index contributed by atoms with van der Waals surface area (Å²) in [5.74, 6) is -1.14. The zero-order valence-corrected chi connectivity index (χ0v) is 21.4. The van der Waals surface area contributed by atoms with Crippen LogP contribution in [0, 0.1) is 22.7 Å². The number of rotatable bonds is 7. The summed E-state index contributed by atoms with van der Waals surface area (Å²) in [5, 5.41) is 22.4. The molecule has 3 aromatic rings. The predicted octanol–water partition coefficient (Wildman–Crippen LogP) is 5.75. The van der Waals surface area contributed by atoms with Gasteiger partial charge in [0.15, 0.2) is 0 Å². The molecule has 1 aromatic carbocycles. The molecule has 0 bridgehead atoms. The molecule has 0 saturated heterocycles. The quantitative estimate of drug-likeness (QED) is 0.300. The molecule has 0 spiro atoms. The van der Waals surface area contributed by atoms with Crippen LogP contribution in [0.15, 0.2) is 81.7 Å². The summed E-state index contributed by atoms with van der Waals surface area (Å²) in [6, 6.07) is 18.4. The molecular formula is C26H19ClN4O3S2. The van der Waals surface area contributed by atoms with Gasteiger partial charge in [0.25, 0.3) is 0 Å². The zero-order chi connectivity index (χ0) is 25.7. The fraction of sp³-hybridized carbons (Fsp3) is 0.154. The van der Waals surface area contributed by atoms with E-state index in [9.17, 15) is 15.3 Å². The van der Waals surface area contributed by atoms with E-state index in [1.807, 2.05) is 17.5 Å². The summed E-state index contributed by atoms with van der Waals surface area (Å²) < 4.78 is 11.1. The maximum atomic E-state index is 13.1. The van der Waals surface area contributed by atoms with E-state index in [0.29, 0.717) is 21.2 Å². The Bertz CT molecular complexity index is 1440. The van der Waals surface area contributed by atoms with E-state index in [0.717, 1.165) is 10.6 Å². The van der Waals surface area contributed by atoms with Crippen LogP contribution in [0.1, 0.15) is 24.0 Å². The largest absolute Gasteiger partial charge is 0.463 e. The number of carbonyl (C=O) groups is 1. The van der Waals surface area contributed by atoms with Crippen molar-refractivity contribution in [3.8, 4) is 22.7 Å². The van der Waals surface area contributed by atoms with Gasteiger partial charge in [-0.2, -0.15) is 10.5 Å². The third-order valence-corrected chi connectivity index (χ3v) is 7.43. The van der Waals surface area contributed by atoms with E-state index in [-0.39, 0.29) is 35.1 Å². The second-order valence-electron chi connectivity index (χ2n) is 7.46. The molecule has 180 valence electrons. The van der Waals surface area contributed by atoms with Crippen molar-refractivity contribution in [1.82, 2.24) is 4.98 Å². The Balaban J connectivity index is 1.76. The normalized spacial score (nSPS) is 15.2. The molecule has 2 aromatic heterocycles. The third kappa shape index (κ3) is 5.24. The number of halogens is 1. The minimum absolute atomic E-state index is 0.0955. The first-order valence-corrected chi connectivity index (χ1v) is 13.0. The van der Waals surface area contributed by atoms with Crippen molar-refractivity contribution in [2.75, 3.05) is 12.4 Å². The van der Waals surface area contributed by atoms with Gasteiger partial charge >= 0.3 is 5.97 Å². The SMILES string of the molecule is CCOC(=O)C1=C(CSc2nc(-c3cccs3)ccc2C#N)OC(N)=C(C#N)[C@H]1c1ccc(Cl)cc1. The average Bonchev–Trinajstić information content (AvgIpc) is 3.42. The Morgan fingerprint density at radius 1 is 1.22 bits per heavy atom. The number of carbonyl (C=O) groups excluding carboxylic acids is 1. The summed E-state index contributed by atoms with van der Waals surface area (Å²) in [7, 11) is 0. The number of aromatic nitrogens is 1. The number of benzene rings is 1. The van der Waals surface area contributed by atoms with Crippen LogP contribution < -0.4 is 5.73 Å². The van der Waals surface area contributed by atoms with Crippen LogP contribution in [0.2, 0.25) is 5.02 Å². The van der Waals surface area contributed by atoms with Crippen molar-refractivity contribution in [1.29, 1.82) is 10.5 Å². The summed E-state index contributed by atoms with van der Waals surface area (Å²) >= 11 is 8.84. The predicted molar refractivity (Wildman–Crippen MR) is 139 cm³/mol. The summed E-state index contributed by atoms with van der Waals surface area (Å²) in [6.07, 6.45) is 0. The van der Waals surface area contributed by atoms with E-state index in [1.54, 1.807) is 54.7 Å². The lowest BCUT2D eigenvalue weighted by Crippen LogP contribution is -2.27. The van der Waals surface area contributed by atoms with Crippen LogP contribution in [0.25, 0.3) is 10.6 Å². The lowest BCUT2D eigenvalue weighted by atomic mass is 9.83. The third-order valence-electron chi connectivity index (χ3n) is 5.29. The fourth-order valence-electron chi connectivity index (χ4n) is 3.68. The maximum Gasteiger partial charge on any atom is 0.338 e. The minimum Gasteiger partial charge on any atom is -0.463 e. The van der Waals surface area contributed by atoms with Crippen molar-refractivity contribution in [2.45, 2.75) is 17.9 Å². The number of nitrogens with two attached hydrogens (primary N) is 1. The van der Waals surface area contributed by atoms with E-state index < -0.39 is 11.9 Å².